The average Bonchev–Trinajstić information content (AvgIpc) is 2.35. The normalized spacial score (nSPS) is 12.4. The van der Waals surface area contributed by atoms with Crippen molar-refractivity contribution in [2.45, 2.75) is 11.2 Å². The Kier molecular flexibility index (Phi) is 4.36. The highest BCUT2D eigenvalue weighted by molar-refractivity contribution is 9.09. The highest BCUT2D eigenvalue weighted by Crippen LogP contribution is 2.33. The number of rotatable bonds is 3. The molecule has 18 heavy (non-hydrogen) atoms. The molecule has 0 nitrogen and oxygen atoms in total. The van der Waals surface area contributed by atoms with Gasteiger partial charge in [0.15, 0.2) is 0 Å². The second-order valence-corrected chi connectivity index (χ2v) is 5.39. The Morgan fingerprint density at radius 1 is 1.00 bits per heavy atom. The molecule has 1 unspecified atom stereocenters. The van der Waals surface area contributed by atoms with Crippen LogP contribution in [-0.2, 0) is 6.42 Å². The SMILES string of the molecule is Fc1ccccc1CC(Br)c1cccc(F)c1Cl. The van der Waals surface area contributed by atoms with Gasteiger partial charge in [0.2, 0.25) is 0 Å². The molecule has 2 rings (SSSR count). The molecular weight excluding hydrogens is 322 g/mol. The molecule has 0 aliphatic rings. The molecule has 0 heterocycles. The van der Waals surface area contributed by atoms with E-state index in [2.05, 4.69) is 15.9 Å². The van der Waals surface area contributed by atoms with Gasteiger partial charge in [-0.2, -0.15) is 0 Å². The summed E-state index contributed by atoms with van der Waals surface area (Å²) in [5.74, 6) is -0.735. The van der Waals surface area contributed by atoms with E-state index in [1.165, 1.54) is 12.1 Å². The third-order valence-corrected chi connectivity index (χ3v) is 3.89. The van der Waals surface area contributed by atoms with Gasteiger partial charge >= 0.3 is 0 Å². The first-order valence-corrected chi connectivity index (χ1v) is 6.70. The quantitative estimate of drug-likeness (QED) is 0.670. The lowest BCUT2D eigenvalue weighted by molar-refractivity contribution is 0.607. The first-order chi connectivity index (χ1) is 8.59. The minimum Gasteiger partial charge on any atom is -0.207 e. The van der Waals surface area contributed by atoms with E-state index in [0.717, 1.165) is 0 Å². The zero-order valence-electron chi connectivity index (χ0n) is 9.34. The fourth-order valence-corrected chi connectivity index (χ4v) is 2.85. The van der Waals surface area contributed by atoms with E-state index in [1.807, 2.05) is 0 Å². The predicted octanol–water partition coefficient (Wildman–Crippen LogP) is 5.30. The third kappa shape index (κ3) is 2.90. The number of benzene rings is 2. The lowest BCUT2D eigenvalue weighted by atomic mass is 10.0. The first-order valence-electron chi connectivity index (χ1n) is 5.41. The van der Waals surface area contributed by atoms with Crippen LogP contribution >= 0.6 is 27.5 Å². The summed E-state index contributed by atoms with van der Waals surface area (Å²) >= 11 is 9.32. The number of alkyl halides is 1. The van der Waals surface area contributed by atoms with E-state index in [1.54, 1.807) is 30.3 Å². The van der Waals surface area contributed by atoms with Crippen molar-refractivity contribution in [3.63, 3.8) is 0 Å². The van der Waals surface area contributed by atoms with E-state index in [0.29, 0.717) is 17.5 Å². The molecule has 0 fully saturated rings. The molecule has 0 saturated heterocycles. The van der Waals surface area contributed by atoms with E-state index >= 15 is 0 Å². The van der Waals surface area contributed by atoms with Gasteiger partial charge in [-0.1, -0.05) is 57.9 Å². The van der Waals surface area contributed by atoms with Gasteiger partial charge < -0.3 is 0 Å². The van der Waals surface area contributed by atoms with Gasteiger partial charge in [0.25, 0.3) is 0 Å². The van der Waals surface area contributed by atoms with Crippen LogP contribution in [0.1, 0.15) is 16.0 Å². The monoisotopic (exact) mass is 330 g/mol. The van der Waals surface area contributed by atoms with Crippen molar-refractivity contribution in [1.29, 1.82) is 0 Å². The van der Waals surface area contributed by atoms with Crippen LogP contribution in [0, 0.1) is 11.6 Å². The maximum absolute atomic E-state index is 13.5. The van der Waals surface area contributed by atoms with E-state index in [-0.39, 0.29) is 15.7 Å². The predicted molar refractivity (Wildman–Crippen MR) is 73.2 cm³/mol. The topological polar surface area (TPSA) is 0 Å². The van der Waals surface area contributed by atoms with Crippen molar-refractivity contribution in [1.82, 2.24) is 0 Å². The number of hydrogen-bond donors (Lipinski definition) is 0. The Labute approximate surface area is 118 Å². The van der Waals surface area contributed by atoms with Gasteiger partial charge in [-0.05, 0) is 29.7 Å². The molecule has 1 atom stereocenters. The summed E-state index contributed by atoms with van der Waals surface area (Å²) in [5.41, 5.74) is 1.19. The van der Waals surface area contributed by atoms with Crippen LogP contribution in [0.15, 0.2) is 42.5 Å². The Bertz CT molecular complexity index is 557. The van der Waals surface area contributed by atoms with Crippen molar-refractivity contribution in [2.24, 2.45) is 0 Å². The van der Waals surface area contributed by atoms with Crippen LogP contribution in [0.4, 0.5) is 8.78 Å². The Morgan fingerprint density at radius 2 is 1.67 bits per heavy atom. The molecular formula is C14H10BrClF2. The summed E-state index contributed by atoms with van der Waals surface area (Å²) in [7, 11) is 0. The Hall–Kier alpha value is -0.930. The molecule has 0 spiro atoms. The van der Waals surface area contributed by atoms with Crippen molar-refractivity contribution in [3.8, 4) is 0 Å². The highest BCUT2D eigenvalue weighted by Gasteiger charge is 2.16. The third-order valence-electron chi connectivity index (χ3n) is 2.68. The van der Waals surface area contributed by atoms with Crippen molar-refractivity contribution >= 4 is 27.5 Å². The fourth-order valence-electron chi connectivity index (χ4n) is 1.73. The van der Waals surface area contributed by atoms with Gasteiger partial charge in [-0.3, -0.25) is 0 Å². The van der Waals surface area contributed by atoms with E-state index in [4.69, 9.17) is 11.6 Å². The summed E-state index contributed by atoms with van der Waals surface area (Å²) in [5, 5.41) is 0.0794. The van der Waals surface area contributed by atoms with E-state index in [9.17, 15) is 8.78 Å². The Balaban J connectivity index is 2.25. The Morgan fingerprint density at radius 3 is 2.39 bits per heavy atom. The lowest BCUT2D eigenvalue weighted by Gasteiger charge is -2.13. The molecule has 2 aromatic carbocycles. The molecule has 0 radical (unpaired) electrons. The molecule has 0 aliphatic carbocycles. The summed E-state index contributed by atoms with van der Waals surface area (Å²) in [6, 6.07) is 11.1. The largest absolute Gasteiger partial charge is 0.207 e. The van der Waals surface area contributed by atoms with E-state index < -0.39 is 5.82 Å². The van der Waals surface area contributed by atoms with Crippen LogP contribution in [-0.4, -0.2) is 0 Å². The van der Waals surface area contributed by atoms with Gasteiger partial charge in [0, 0.05) is 4.83 Å². The molecule has 94 valence electrons. The van der Waals surface area contributed by atoms with Crippen LogP contribution in [0.5, 0.6) is 0 Å². The van der Waals surface area contributed by atoms with Crippen molar-refractivity contribution in [2.75, 3.05) is 0 Å². The molecule has 0 saturated carbocycles. The second-order valence-electron chi connectivity index (χ2n) is 3.91. The van der Waals surface area contributed by atoms with Crippen molar-refractivity contribution < 1.29 is 8.78 Å². The zero-order chi connectivity index (χ0) is 13.1. The number of hydrogen-bond acceptors (Lipinski definition) is 0. The van der Waals surface area contributed by atoms with Crippen LogP contribution < -0.4 is 0 Å². The van der Waals surface area contributed by atoms with Crippen molar-refractivity contribution in [3.05, 3.63) is 70.2 Å². The summed E-state index contributed by atoms with van der Waals surface area (Å²) < 4.78 is 26.8. The number of halogens is 4. The summed E-state index contributed by atoms with van der Waals surface area (Å²) in [4.78, 5) is -0.224. The highest BCUT2D eigenvalue weighted by atomic mass is 79.9. The zero-order valence-corrected chi connectivity index (χ0v) is 11.7. The maximum atomic E-state index is 13.5. The van der Waals surface area contributed by atoms with Gasteiger partial charge in [-0.25, -0.2) is 8.78 Å². The van der Waals surface area contributed by atoms with Gasteiger partial charge in [0.1, 0.15) is 11.6 Å². The van der Waals surface area contributed by atoms with Gasteiger partial charge in [-0.15, -0.1) is 0 Å². The summed E-state index contributed by atoms with van der Waals surface area (Å²) in [6.07, 6.45) is 0.413. The smallest absolute Gasteiger partial charge is 0.142 e. The molecule has 0 bridgehead atoms. The first kappa shape index (κ1) is 13.5. The van der Waals surface area contributed by atoms with Crippen LogP contribution in [0.2, 0.25) is 5.02 Å². The summed E-state index contributed by atoms with van der Waals surface area (Å²) in [6.45, 7) is 0. The minimum atomic E-state index is -0.466. The molecule has 0 N–H and O–H groups in total. The van der Waals surface area contributed by atoms with Crippen LogP contribution in [0.25, 0.3) is 0 Å². The molecule has 2 aromatic rings. The minimum absolute atomic E-state index is 0.0794. The van der Waals surface area contributed by atoms with Gasteiger partial charge in [0.05, 0.1) is 5.02 Å². The standard InChI is InChI=1S/C14H10BrClF2/c15-11(8-9-4-1-2-6-12(9)17)10-5-3-7-13(18)14(10)16/h1-7,11H,8H2. The molecule has 4 heteroatoms. The molecule has 0 amide bonds. The second kappa shape index (κ2) is 5.81. The molecule has 0 aromatic heterocycles. The average molecular weight is 332 g/mol. The fraction of sp³-hybridized carbons (Fsp3) is 0.143. The lowest BCUT2D eigenvalue weighted by Crippen LogP contribution is -1.99. The molecule has 0 aliphatic heterocycles. The maximum Gasteiger partial charge on any atom is 0.142 e. The van der Waals surface area contributed by atoms with Crippen LogP contribution in [0.3, 0.4) is 0 Å².